The van der Waals surface area contributed by atoms with Gasteiger partial charge < -0.3 is 4.90 Å². The third kappa shape index (κ3) is 3.01. The van der Waals surface area contributed by atoms with Gasteiger partial charge in [0.25, 0.3) is 0 Å². The van der Waals surface area contributed by atoms with Crippen molar-refractivity contribution in [2.24, 2.45) is 0 Å². The zero-order valence-corrected chi connectivity index (χ0v) is 18.2. The molecule has 2 aromatic carbocycles. The lowest BCUT2D eigenvalue weighted by Gasteiger charge is -2.40. The SMILES string of the molecule is CCC1c2nncn2-c2cnc(-c3ccccc3-c3ccccc3)nc2N1C1CCCC1. The van der Waals surface area contributed by atoms with Gasteiger partial charge in [0.1, 0.15) is 12.0 Å². The molecule has 2 aromatic heterocycles. The monoisotopic (exact) mass is 422 g/mol. The Morgan fingerprint density at radius 1 is 0.938 bits per heavy atom. The van der Waals surface area contributed by atoms with Crippen molar-refractivity contribution in [2.75, 3.05) is 4.90 Å². The van der Waals surface area contributed by atoms with Crippen LogP contribution >= 0.6 is 0 Å². The van der Waals surface area contributed by atoms with E-state index in [1.165, 1.54) is 31.2 Å². The van der Waals surface area contributed by atoms with E-state index in [4.69, 9.17) is 9.97 Å². The molecule has 0 N–H and O–H groups in total. The van der Waals surface area contributed by atoms with Crippen LogP contribution < -0.4 is 4.90 Å². The average molecular weight is 423 g/mol. The van der Waals surface area contributed by atoms with Crippen LogP contribution in [-0.2, 0) is 0 Å². The molecule has 1 fully saturated rings. The quantitative estimate of drug-likeness (QED) is 0.428. The highest BCUT2D eigenvalue weighted by Gasteiger charge is 2.38. The molecule has 6 nitrogen and oxygen atoms in total. The molecule has 6 heteroatoms. The summed E-state index contributed by atoms with van der Waals surface area (Å²) in [6.07, 6.45) is 9.65. The third-order valence-corrected chi connectivity index (χ3v) is 6.82. The molecule has 6 rings (SSSR count). The molecule has 0 spiro atoms. The topological polar surface area (TPSA) is 59.7 Å². The van der Waals surface area contributed by atoms with Crippen molar-refractivity contribution in [3.05, 3.63) is 72.9 Å². The lowest BCUT2D eigenvalue weighted by atomic mass is 9.99. The molecule has 1 saturated carbocycles. The van der Waals surface area contributed by atoms with E-state index in [0.717, 1.165) is 40.7 Å². The van der Waals surface area contributed by atoms with Crippen LogP contribution in [0.2, 0.25) is 0 Å². The van der Waals surface area contributed by atoms with Gasteiger partial charge in [-0.2, -0.15) is 0 Å². The van der Waals surface area contributed by atoms with E-state index in [0.29, 0.717) is 6.04 Å². The normalized spacial score (nSPS) is 17.9. The molecule has 1 unspecified atom stereocenters. The number of rotatable bonds is 4. The fourth-order valence-electron chi connectivity index (χ4n) is 5.32. The Labute approximate surface area is 188 Å². The number of fused-ring (bicyclic) bond motifs is 3. The number of aromatic nitrogens is 5. The first-order valence-corrected chi connectivity index (χ1v) is 11.6. The predicted octanol–water partition coefficient (Wildman–Crippen LogP) is 5.61. The van der Waals surface area contributed by atoms with E-state index >= 15 is 0 Å². The molecule has 1 atom stereocenters. The molecule has 1 aliphatic carbocycles. The van der Waals surface area contributed by atoms with Crippen LogP contribution in [0.5, 0.6) is 0 Å². The second-order valence-electron chi connectivity index (χ2n) is 8.64. The maximum Gasteiger partial charge on any atom is 0.162 e. The maximum atomic E-state index is 5.21. The fourth-order valence-corrected chi connectivity index (χ4v) is 5.32. The Morgan fingerprint density at radius 2 is 1.69 bits per heavy atom. The van der Waals surface area contributed by atoms with Gasteiger partial charge in [0.2, 0.25) is 0 Å². The molecule has 32 heavy (non-hydrogen) atoms. The molecule has 1 aliphatic heterocycles. The first kappa shape index (κ1) is 19.2. The molecule has 0 radical (unpaired) electrons. The van der Waals surface area contributed by atoms with Crippen molar-refractivity contribution in [3.8, 4) is 28.2 Å². The Hall–Kier alpha value is -3.54. The van der Waals surface area contributed by atoms with Crippen molar-refractivity contribution in [1.29, 1.82) is 0 Å². The highest BCUT2D eigenvalue weighted by molar-refractivity contribution is 5.81. The highest BCUT2D eigenvalue weighted by Crippen LogP contribution is 2.43. The first-order chi connectivity index (χ1) is 15.8. The van der Waals surface area contributed by atoms with Gasteiger partial charge in [-0.3, -0.25) is 4.57 Å². The largest absolute Gasteiger partial charge is 0.342 e. The number of benzene rings is 2. The Morgan fingerprint density at radius 3 is 2.47 bits per heavy atom. The smallest absolute Gasteiger partial charge is 0.162 e. The molecular formula is C26H26N6. The van der Waals surface area contributed by atoms with Gasteiger partial charge in [0, 0.05) is 11.6 Å². The van der Waals surface area contributed by atoms with Crippen LogP contribution in [0.15, 0.2) is 67.1 Å². The van der Waals surface area contributed by atoms with Crippen LogP contribution in [0.4, 0.5) is 5.82 Å². The molecule has 4 aromatic rings. The van der Waals surface area contributed by atoms with E-state index < -0.39 is 0 Å². The number of hydrogen-bond acceptors (Lipinski definition) is 5. The van der Waals surface area contributed by atoms with Crippen molar-refractivity contribution in [3.63, 3.8) is 0 Å². The summed E-state index contributed by atoms with van der Waals surface area (Å²) in [6.45, 7) is 2.23. The molecule has 2 aliphatic rings. The lowest BCUT2D eigenvalue weighted by Crippen LogP contribution is -2.42. The fraction of sp³-hybridized carbons (Fsp3) is 0.308. The Kier molecular flexibility index (Phi) is 4.71. The van der Waals surface area contributed by atoms with Gasteiger partial charge in [0.05, 0.1) is 12.2 Å². The van der Waals surface area contributed by atoms with Gasteiger partial charge in [-0.05, 0) is 30.4 Å². The van der Waals surface area contributed by atoms with Crippen LogP contribution in [0.1, 0.15) is 50.9 Å². The molecular weight excluding hydrogens is 396 g/mol. The van der Waals surface area contributed by atoms with Gasteiger partial charge in [0.15, 0.2) is 17.5 Å². The molecule has 3 heterocycles. The van der Waals surface area contributed by atoms with E-state index in [1.54, 1.807) is 6.33 Å². The molecule has 0 saturated heterocycles. The lowest BCUT2D eigenvalue weighted by molar-refractivity contribution is 0.469. The van der Waals surface area contributed by atoms with Crippen molar-refractivity contribution < 1.29 is 0 Å². The van der Waals surface area contributed by atoms with Gasteiger partial charge in [-0.15, -0.1) is 10.2 Å². The van der Waals surface area contributed by atoms with Gasteiger partial charge in [-0.1, -0.05) is 74.4 Å². The summed E-state index contributed by atoms with van der Waals surface area (Å²) in [5.74, 6) is 2.76. The van der Waals surface area contributed by atoms with Gasteiger partial charge >= 0.3 is 0 Å². The summed E-state index contributed by atoms with van der Waals surface area (Å²) in [4.78, 5) is 12.6. The van der Waals surface area contributed by atoms with Crippen LogP contribution in [0.3, 0.4) is 0 Å². The summed E-state index contributed by atoms with van der Waals surface area (Å²) in [7, 11) is 0. The number of nitrogens with zero attached hydrogens (tertiary/aromatic N) is 6. The number of hydrogen-bond donors (Lipinski definition) is 0. The molecule has 0 bridgehead atoms. The second kappa shape index (κ2) is 7.86. The summed E-state index contributed by atoms with van der Waals surface area (Å²) >= 11 is 0. The minimum absolute atomic E-state index is 0.181. The van der Waals surface area contributed by atoms with E-state index in [2.05, 4.69) is 75.1 Å². The Balaban J connectivity index is 1.53. The van der Waals surface area contributed by atoms with E-state index in [9.17, 15) is 0 Å². The summed E-state index contributed by atoms with van der Waals surface area (Å²) < 4.78 is 2.07. The standard InChI is InChI=1S/C26H26N6/c1-2-22-26-30-28-17-31(26)23-16-27-24(29-25(23)32(22)19-12-6-7-13-19)21-15-9-8-14-20(21)18-10-4-3-5-11-18/h3-5,8-11,14-17,19,22H,2,6-7,12-13H2,1H3. The summed E-state index contributed by atoms with van der Waals surface area (Å²) in [5.41, 5.74) is 4.34. The molecule has 0 amide bonds. The average Bonchev–Trinajstić information content (AvgIpc) is 3.56. The Bertz CT molecular complexity index is 1240. The van der Waals surface area contributed by atoms with Gasteiger partial charge in [-0.25, -0.2) is 9.97 Å². The minimum atomic E-state index is 0.181. The zero-order valence-electron chi connectivity index (χ0n) is 18.2. The third-order valence-electron chi connectivity index (χ3n) is 6.82. The zero-order chi connectivity index (χ0) is 21.5. The van der Waals surface area contributed by atoms with Crippen LogP contribution in [0, 0.1) is 0 Å². The van der Waals surface area contributed by atoms with E-state index in [1.807, 2.05) is 12.3 Å². The summed E-state index contributed by atoms with van der Waals surface area (Å²) in [5, 5.41) is 8.71. The van der Waals surface area contributed by atoms with Crippen LogP contribution in [0.25, 0.3) is 28.2 Å². The van der Waals surface area contributed by atoms with Crippen molar-refractivity contribution in [2.45, 2.75) is 51.1 Å². The van der Waals surface area contributed by atoms with E-state index in [-0.39, 0.29) is 6.04 Å². The highest BCUT2D eigenvalue weighted by atomic mass is 15.4. The van der Waals surface area contributed by atoms with Crippen molar-refractivity contribution >= 4 is 5.82 Å². The second-order valence-corrected chi connectivity index (χ2v) is 8.64. The minimum Gasteiger partial charge on any atom is -0.342 e. The predicted molar refractivity (Wildman–Crippen MR) is 126 cm³/mol. The van der Waals surface area contributed by atoms with Crippen molar-refractivity contribution in [1.82, 2.24) is 24.7 Å². The first-order valence-electron chi connectivity index (χ1n) is 11.6. The maximum absolute atomic E-state index is 5.21. The summed E-state index contributed by atoms with van der Waals surface area (Å²) in [6, 6.07) is 19.5. The van der Waals surface area contributed by atoms with Crippen LogP contribution in [-0.4, -0.2) is 30.8 Å². The number of anilines is 1. The molecule has 160 valence electrons.